The molecule has 1 aliphatic rings. The monoisotopic (exact) mass is 436 g/mol. The van der Waals surface area contributed by atoms with Crippen molar-refractivity contribution in [1.82, 2.24) is 25.3 Å². The van der Waals surface area contributed by atoms with E-state index in [1.807, 2.05) is 13.0 Å². The number of hydrogen-bond acceptors (Lipinski definition) is 7. The average molecular weight is 437 g/mol. The molecule has 1 aliphatic heterocycles. The van der Waals surface area contributed by atoms with E-state index in [0.717, 1.165) is 62.3 Å². The Morgan fingerprint density at radius 2 is 2.12 bits per heavy atom. The number of carbonyl (C=O) groups excluding carboxylic acids is 1. The van der Waals surface area contributed by atoms with Crippen molar-refractivity contribution < 1.29 is 9.32 Å². The van der Waals surface area contributed by atoms with Gasteiger partial charge in [0.15, 0.2) is 0 Å². The van der Waals surface area contributed by atoms with Gasteiger partial charge in [0, 0.05) is 32.7 Å². The van der Waals surface area contributed by atoms with Gasteiger partial charge in [-0.3, -0.25) is 9.69 Å². The quantitative estimate of drug-likeness (QED) is 0.516. The molecule has 0 saturated carbocycles. The van der Waals surface area contributed by atoms with E-state index in [9.17, 15) is 4.79 Å². The van der Waals surface area contributed by atoms with Gasteiger partial charge >= 0.3 is 0 Å². The summed E-state index contributed by atoms with van der Waals surface area (Å²) in [7, 11) is 0. The average Bonchev–Trinajstić information content (AvgIpc) is 3.22. The molecule has 0 spiro atoms. The van der Waals surface area contributed by atoms with Crippen LogP contribution in [0.1, 0.15) is 37.4 Å². The summed E-state index contributed by atoms with van der Waals surface area (Å²) in [6.45, 7) is 9.19. The Hall–Kier alpha value is -3.00. The van der Waals surface area contributed by atoms with Gasteiger partial charge in [-0.05, 0) is 38.3 Å². The summed E-state index contributed by atoms with van der Waals surface area (Å²) < 4.78 is 5.27. The van der Waals surface area contributed by atoms with Crippen LogP contribution >= 0.6 is 0 Å². The Balaban J connectivity index is 1.27. The summed E-state index contributed by atoms with van der Waals surface area (Å²) >= 11 is 0. The highest BCUT2D eigenvalue weighted by Crippen LogP contribution is 2.29. The molecule has 3 aromatic rings. The lowest BCUT2D eigenvalue weighted by Gasteiger charge is -2.33. The zero-order chi connectivity index (χ0) is 22.3. The highest BCUT2D eigenvalue weighted by atomic mass is 16.5. The molecule has 1 atom stereocenters. The molecule has 1 N–H and O–H groups in total. The van der Waals surface area contributed by atoms with Crippen molar-refractivity contribution in [2.45, 2.75) is 39.7 Å². The van der Waals surface area contributed by atoms with Crippen molar-refractivity contribution in [2.24, 2.45) is 5.92 Å². The van der Waals surface area contributed by atoms with Gasteiger partial charge in [-0.1, -0.05) is 42.4 Å². The summed E-state index contributed by atoms with van der Waals surface area (Å²) in [5.74, 6) is 0.902. The van der Waals surface area contributed by atoms with Crippen LogP contribution in [0.3, 0.4) is 0 Å². The Morgan fingerprint density at radius 3 is 2.94 bits per heavy atom. The fourth-order valence-corrected chi connectivity index (χ4v) is 4.38. The largest absolute Gasteiger partial charge is 0.356 e. The number of amides is 1. The van der Waals surface area contributed by atoms with Crippen LogP contribution in [0.5, 0.6) is 0 Å². The number of rotatable bonds is 9. The van der Waals surface area contributed by atoms with E-state index in [-0.39, 0.29) is 11.8 Å². The molecule has 32 heavy (non-hydrogen) atoms. The van der Waals surface area contributed by atoms with Crippen LogP contribution in [-0.4, -0.2) is 58.7 Å². The Kier molecular flexibility index (Phi) is 7.32. The summed E-state index contributed by atoms with van der Waals surface area (Å²) in [4.78, 5) is 26.1. The minimum absolute atomic E-state index is 0.0412. The zero-order valence-electron chi connectivity index (χ0n) is 19.0. The topological polar surface area (TPSA) is 87.4 Å². The van der Waals surface area contributed by atoms with Crippen molar-refractivity contribution in [3.63, 3.8) is 0 Å². The lowest BCUT2D eigenvalue weighted by molar-refractivity contribution is -0.125. The first-order valence-corrected chi connectivity index (χ1v) is 11.5. The minimum atomic E-state index is -0.0412. The third-order valence-electron chi connectivity index (χ3n) is 6.16. The van der Waals surface area contributed by atoms with E-state index in [0.29, 0.717) is 18.8 Å². The first-order chi connectivity index (χ1) is 15.7. The number of nitrogens with zero attached hydrogens (tertiary/aromatic N) is 5. The third kappa shape index (κ3) is 5.24. The summed E-state index contributed by atoms with van der Waals surface area (Å²) in [5, 5.41) is 8.01. The summed E-state index contributed by atoms with van der Waals surface area (Å²) in [6.07, 6.45) is 4.29. The zero-order valence-corrected chi connectivity index (χ0v) is 19.0. The van der Waals surface area contributed by atoms with E-state index in [2.05, 4.69) is 61.4 Å². The van der Waals surface area contributed by atoms with Crippen molar-refractivity contribution in [3.8, 4) is 0 Å². The molecule has 4 rings (SSSR count). The van der Waals surface area contributed by atoms with Gasteiger partial charge < -0.3 is 14.7 Å². The lowest BCUT2D eigenvalue weighted by atomic mass is 9.97. The van der Waals surface area contributed by atoms with Crippen LogP contribution in [0, 0.1) is 12.8 Å². The first-order valence-electron chi connectivity index (χ1n) is 11.5. The Labute approximate surface area is 189 Å². The molecule has 1 amide bonds. The van der Waals surface area contributed by atoms with Crippen LogP contribution < -0.4 is 10.2 Å². The van der Waals surface area contributed by atoms with Crippen molar-refractivity contribution >= 4 is 22.8 Å². The van der Waals surface area contributed by atoms with Gasteiger partial charge in [-0.25, -0.2) is 4.98 Å². The maximum Gasteiger partial charge on any atom is 0.263 e. The first kappa shape index (κ1) is 22.2. The van der Waals surface area contributed by atoms with E-state index >= 15 is 0 Å². The lowest BCUT2D eigenvalue weighted by Crippen LogP contribution is -2.44. The van der Waals surface area contributed by atoms with E-state index in [1.165, 1.54) is 11.9 Å². The molecule has 2 aromatic heterocycles. The van der Waals surface area contributed by atoms with E-state index < -0.39 is 0 Å². The predicted octanol–water partition coefficient (Wildman–Crippen LogP) is 3.17. The SMILES string of the molecule is CCN(CCCNC(=O)[C@H]1CCCN(c2ncnc3onc(C)c23)C1)Cc1ccccc1. The Bertz CT molecular complexity index is 1020. The van der Waals surface area contributed by atoms with Gasteiger partial charge in [0.2, 0.25) is 5.91 Å². The van der Waals surface area contributed by atoms with Crippen LogP contribution in [0.25, 0.3) is 11.1 Å². The molecule has 8 nitrogen and oxygen atoms in total. The highest BCUT2D eigenvalue weighted by Gasteiger charge is 2.28. The molecule has 170 valence electrons. The van der Waals surface area contributed by atoms with Gasteiger partial charge in [0.1, 0.15) is 17.5 Å². The Morgan fingerprint density at radius 1 is 1.28 bits per heavy atom. The molecular formula is C24H32N6O2. The number of carbonyl (C=O) groups is 1. The van der Waals surface area contributed by atoms with Crippen LogP contribution in [-0.2, 0) is 11.3 Å². The number of piperidine rings is 1. The minimum Gasteiger partial charge on any atom is -0.356 e. The summed E-state index contributed by atoms with van der Waals surface area (Å²) in [5.41, 5.74) is 2.59. The van der Waals surface area contributed by atoms with Gasteiger partial charge in [0.05, 0.1) is 11.6 Å². The highest BCUT2D eigenvalue weighted by molar-refractivity contribution is 5.88. The number of aryl methyl sites for hydroxylation is 1. The summed E-state index contributed by atoms with van der Waals surface area (Å²) in [6, 6.07) is 10.5. The molecule has 1 fully saturated rings. The second kappa shape index (κ2) is 10.5. The molecule has 1 saturated heterocycles. The van der Waals surface area contributed by atoms with Crippen LogP contribution in [0.2, 0.25) is 0 Å². The van der Waals surface area contributed by atoms with E-state index in [1.54, 1.807) is 0 Å². The van der Waals surface area contributed by atoms with Gasteiger partial charge in [-0.2, -0.15) is 4.98 Å². The van der Waals surface area contributed by atoms with Crippen LogP contribution in [0.15, 0.2) is 41.2 Å². The maximum atomic E-state index is 12.8. The molecule has 0 unspecified atom stereocenters. The number of anilines is 1. The third-order valence-corrected chi connectivity index (χ3v) is 6.16. The second-order valence-corrected chi connectivity index (χ2v) is 8.43. The van der Waals surface area contributed by atoms with Crippen LogP contribution in [0.4, 0.5) is 5.82 Å². The predicted molar refractivity (Wildman–Crippen MR) is 124 cm³/mol. The standard InChI is InChI=1S/C24H32N6O2/c1-3-29(15-19-9-5-4-6-10-19)13-8-12-25-23(31)20-11-7-14-30(16-20)22-21-18(2)28-32-24(21)27-17-26-22/h4-6,9-10,17,20H,3,7-8,11-16H2,1-2H3,(H,25,31)/t20-/m0/s1. The van der Waals surface area contributed by atoms with E-state index in [4.69, 9.17) is 4.52 Å². The maximum absolute atomic E-state index is 12.8. The van der Waals surface area contributed by atoms with Gasteiger partial charge in [0.25, 0.3) is 5.71 Å². The molecular weight excluding hydrogens is 404 g/mol. The number of nitrogens with one attached hydrogen (secondary N) is 1. The molecule has 1 aromatic carbocycles. The van der Waals surface area contributed by atoms with Crippen molar-refractivity contribution in [2.75, 3.05) is 37.6 Å². The van der Waals surface area contributed by atoms with Gasteiger partial charge in [-0.15, -0.1) is 0 Å². The fourth-order valence-electron chi connectivity index (χ4n) is 4.38. The number of benzene rings is 1. The molecule has 0 radical (unpaired) electrons. The normalized spacial score (nSPS) is 16.6. The smallest absolute Gasteiger partial charge is 0.263 e. The number of fused-ring (bicyclic) bond motifs is 1. The molecule has 0 bridgehead atoms. The van der Waals surface area contributed by atoms with Crippen molar-refractivity contribution in [1.29, 1.82) is 0 Å². The number of aromatic nitrogens is 3. The molecule has 0 aliphatic carbocycles. The molecule has 3 heterocycles. The molecule has 8 heteroatoms. The second-order valence-electron chi connectivity index (χ2n) is 8.43. The fraction of sp³-hybridized carbons (Fsp3) is 0.500. The number of hydrogen-bond donors (Lipinski definition) is 1. The van der Waals surface area contributed by atoms with Crippen molar-refractivity contribution in [3.05, 3.63) is 47.9 Å².